The number of hydrazine groups is 1. The fraction of sp³-hybridized carbons (Fsp3) is 0.500. The van der Waals surface area contributed by atoms with Crippen molar-refractivity contribution in [1.29, 1.82) is 0 Å². The van der Waals surface area contributed by atoms with Gasteiger partial charge in [0.05, 0.1) is 5.56 Å². The monoisotopic (exact) mass is 262 g/mol. The maximum atomic E-state index is 13.2. The molecule has 18 heavy (non-hydrogen) atoms. The molecule has 1 saturated carbocycles. The molecule has 0 aromatic heterocycles. The molecule has 2 rings (SSSR count). The molecule has 0 bridgehead atoms. The second-order valence-electron chi connectivity index (χ2n) is 4.76. The summed E-state index contributed by atoms with van der Waals surface area (Å²) in [4.78, 5) is 0. The zero-order valence-corrected chi connectivity index (χ0v) is 9.76. The van der Waals surface area contributed by atoms with Crippen LogP contribution in [0.4, 0.5) is 17.6 Å². The van der Waals surface area contributed by atoms with Crippen LogP contribution in [0.25, 0.3) is 0 Å². The lowest BCUT2D eigenvalue weighted by Crippen LogP contribution is -2.30. The Morgan fingerprint density at radius 1 is 1.39 bits per heavy atom. The Bertz CT molecular complexity index is 444. The minimum absolute atomic E-state index is 0.210. The smallest absolute Gasteiger partial charge is 0.271 e. The van der Waals surface area contributed by atoms with E-state index in [0.717, 1.165) is 18.6 Å². The van der Waals surface area contributed by atoms with E-state index in [1.807, 2.05) is 6.92 Å². The highest BCUT2D eigenvalue weighted by molar-refractivity contribution is 5.30. The second-order valence-corrected chi connectivity index (χ2v) is 4.76. The Labute approximate surface area is 102 Å². The van der Waals surface area contributed by atoms with E-state index < -0.39 is 17.6 Å². The van der Waals surface area contributed by atoms with Crippen LogP contribution < -0.4 is 11.3 Å². The molecule has 100 valence electrons. The standard InChI is InChI=1S/C12H14F4N2/c1-6-4-8(6)11(18-17)7-2-3-10(13)9(5-7)12(14,15)16/h2-3,5-6,8,11,18H,4,17H2,1H3. The first-order valence-corrected chi connectivity index (χ1v) is 5.67. The zero-order chi connectivity index (χ0) is 13.5. The molecule has 0 radical (unpaired) electrons. The average Bonchev–Trinajstić information content (AvgIpc) is 2.97. The molecule has 6 heteroatoms. The third kappa shape index (κ3) is 2.49. The molecule has 3 atom stereocenters. The fourth-order valence-electron chi connectivity index (χ4n) is 2.24. The topological polar surface area (TPSA) is 38.0 Å². The van der Waals surface area contributed by atoms with Gasteiger partial charge in [0, 0.05) is 6.04 Å². The van der Waals surface area contributed by atoms with Crippen LogP contribution in [0.5, 0.6) is 0 Å². The molecule has 0 amide bonds. The number of nitrogens with two attached hydrogens (primary N) is 1. The van der Waals surface area contributed by atoms with Gasteiger partial charge in [-0.3, -0.25) is 11.3 Å². The summed E-state index contributed by atoms with van der Waals surface area (Å²) in [5.74, 6) is 4.75. The van der Waals surface area contributed by atoms with Crippen molar-refractivity contribution in [3.63, 3.8) is 0 Å². The van der Waals surface area contributed by atoms with Crippen molar-refractivity contribution < 1.29 is 17.6 Å². The zero-order valence-electron chi connectivity index (χ0n) is 9.76. The number of halogens is 4. The van der Waals surface area contributed by atoms with Gasteiger partial charge in [-0.25, -0.2) is 4.39 Å². The average molecular weight is 262 g/mol. The summed E-state index contributed by atoms with van der Waals surface area (Å²) in [6.45, 7) is 2.00. The Hall–Kier alpha value is -1.14. The SMILES string of the molecule is CC1CC1C(NN)c1ccc(F)c(C(F)(F)F)c1. The summed E-state index contributed by atoms with van der Waals surface area (Å²) in [6.07, 6.45) is -3.78. The van der Waals surface area contributed by atoms with Crippen molar-refractivity contribution in [2.45, 2.75) is 25.6 Å². The molecule has 1 aliphatic carbocycles. The van der Waals surface area contributed by atoms with Crippen LogP contribution >= 0.6 is 0 Å². The van der Waals surface area contributed by atoms with Crippen LogP contribution in [0, 0.1) is 17.7 Å². The van der Waals surface area contributed by atoms with Crippen LogP contribution in [-0.2, 0) is 6.18 Å². The number of benzene rings is 1. The van der Waals surface area contributed by atoms with Crippen molar-refractivity contribution in [1.82, 2.24) is 5.43 Å². The van der Waals surface area contributed by atoms with Crippen molar-refractivity contribution in [3.05, 3.63) is 35.1 Å². The van der Waals surface area contributed by atoms with Gasteiger partial charge in [-0.05, 0) is 36.0 Å². The maximum Gasteiger partial charge on any atom is 0.419 e. The second kappa shape index (κ2) is 4.51. The number of rotatable bonds is 3. The molecule has 0 spiro atoms. The first kappa shape index (κ1) is 13.3. The van der Waals surface area contributed by atoms with Crippen LogP contribution in [0.15, 0.2) is 18.2 Å². The molecular weight excluding hydrogens is 248 g/mol. The van der Waals surface area contributed by atoms with Gasteiger partial charge in [0.25, 0.3) is 0 Å². The van der Waals surface area contributed by atoms with E-state index in [4.69, 9.17) is 5.84 Å². The van der Waals surface area contributed by atoms with Crippen LogP contribution in [-0.4, -0.2) is 0 Å². The van der Waals surface area contributed by atoms with Crippen molar-refractivity contribution in [3.8, 4) is 0 Å². The summed E-state index contributed by atoms with van der Waals surface area (Å²) < 4.78 is 50.9. The van der Waals surface area contributed by atoms with Gasteiger partial charge in [-0.2, -0.15) is 13.2 Å². The van der Waals surface area contributed by atoms with Crippen LogP contribution in [0.1, 0.15) is 30.5 Å². The highest BCUT2D eigenvalue weighted by Gasteiger charge is 2.41. The molecule has 0 saturated heterocycles. The van der Waals surface area contributed by atoms with Gasteiger partial charge in [0.1, 0.15) is 5.82 Å². The molecule has 0 heterocycles. The first-order chi connectivity index (χ1) is 8.34. The summed E-state index contributed by atoms with van der Waals surface area (Å²) in [6, 6.07) is 2.67. The Morgan fingerprint density at radius 2 is 2.00 bits per heavy atom. The molecule has 2 nitrogen and oxygen atoms in total. The van der Waals surface area contributed by atoms with E-state index in [1.54, 1.807) is 0 Å². The third-order valence-electron chi connectivity index (χ3n) is 3.43. The Morgan fingerprint density at radius 3 is 2.44 bits per heavy atom. The van der Waals surface area contributed by atoms with E-state index in [-0.39, 0.29) is 12.0 Å². The minimum atomic E-state index is -4.69. The van der Waals surface area contributed by atoms with Gasteiger partial charge in [-0.1, -0.05) is 13.0 Å². The van der Waals surface area contributed by atoms with Gasteiger partial charge in [0.15, 0.2) is 0 Å². The molecule has 1 fully saturated rings. The predicted molar refractivity (Wildman–Crippen MR) is 58.7 cm³/mol. The Kier molecular flexibility index (Phi) is 3.33. The van der Waals surface area contributed by atoms with Crippen molar-refractivity contribution >= 4 is 0 Å². The highest BCUT2D eigenvalue weighted by Crippen LogP contribution is 2.47. The maximum absolute atomic E-state index is 13.2. The van der Waals surface area contributed by atoms with Gasteiger partial charge < -0.3 is 0 Å². The first-order valence-electron chi connectivity index (χ1n) is 5.67. The Balaban J connectivity index is 2.34. The quantitative estimate of drug-likeness (QED) is 0.499. The van der Waals surface area contributed by atoms with Crippen molar-refractivity contribution in [2.75, 3.05) is 0 Å². The minimum Gasteiger partial charge on any atom is -0.271 e. The van der Waals surface area contributed by atoms with Gasteiger partial charge in [0.2, 0.25) is 0 Å². The highest BCUT2D eigenvalue weighted by atomic mass is 19.4. The lowest BCUT2D eigenvalue weighted by molar-refractivity contribution is -0.140. The van der Waals surface area contributed by atoms with E-state index in [1.165, 1.54) is 6.07 Å². The molecule has 0 aliphatic heterocycles. The number of hydrogen-bond acceptors (Lipinski definition) is 2. The normalized spacial score (nSPS) is 25.0. The van der Waals surface area contributed by atoms with Gasteiger partial charge in [-0.15, -0.1) is 0 Å². The fourth-order valence-corrected chi connectivity index (χ4v) is 2.24. The lowest BCUT2D eigenvalue weighted by Gasteiger charge is -2.18. The van der Waals surface area contributed by atoms with E-state index >= 15 is 0 Å². The summed E-state index contributed by atoms with van der Waals surface area (Å²) in [5.41, 5.74) is 1.65. The molecule has 3 N–H and O–H groups in total. The molecule has 1 aromatic rings. The van der Waals surface area contributed by atoms with Crippen LogP contribution in [0.3, 0.4) is 0 Å². The third-order valence-corrected chi connectivity index (χ3v) is 3.43. The summed E-state index contributed by atoms with van der Waals surface area (Å²) in [7, 11) is 0. The number of hydrogen-bond donors (Lipinski definition) is 2. The van der Waals surface area contributed by atoms with Crippen molar-refractivity contribution in [2.24, 2.45) is 17.7 Å². The van der Waals surface area contributed by atoms with E-state index in [2.05, 4.69) is 5.43 Å². The molecule has 3 unspecified atom stereocenters. The molecular formula is C12H14F4N2. The number of alkyl halides is 3. The van der Waals surface area contributed by atoms with E-state index in [0.29, 0.717) is 11.5 Å². The number of nitrogens with one attached hydrogen (secondary N) is 1. The van der Waals surface area contributed by atoms with E-state index in [9.17, 15) is 17.6 Å². The lowest BCUT2D eigenvalue weighted by atomic mass is 9.99. The summed E-state index contributed by atoms with van der Waals surface area (Å²) in [5, 5.41) is 0. The molecule has 1 aliphatic rings. The van der Waals surface area contributed by atoms with Crippen LogP contribution in [0.2, 0.25) is 0 Å². The molecule has 1 aromatic carbocycles. The predicted octanol–water partition coefficient (Wildman–Crippen LogP) is 3.00. The summed E-state index contributed by atoms with van der Waals surface area (Å²) >= 11 is 0. The van der Waals surface area contributed by atoms with Gasteiger partial charge >= 0.3 is 6.18 Å². The largest absolute Gasteiger partial charge is 0.419 e.